The van der Waals surface area contributed by atoms with Crippen LogP contribution in [0.15, 0.2) is 6.20 Å². The van der Waals surface area contributed by atoms with E-state index in [0.717, 1.165) is 5.69 Å². The molecule has 0 atom stereocenters. The van der Waals surface area contributed by atoms with Gasteiger partial charge in [-0.05, 0) is 16.3 Å². The molecule has 2 aromatic rings. The highest BCUT2D eigenvalue weighted by molar-refractivity contribution is 5.21. The molecule has 0 spiro atoms. The van der Waals surface area contributed by atoms with E-state index in [9.17, 15) is 0 Å². The molecule has 2 heterocycles. The third-order valence-corrected chi connectivity index (χ3v) is 1.56. The first kappa shape index (κ1) is 7.08. The number of nitrogens with zero attached hydrogens (tertiary/aromatic N) is 6. The van der Waals surface area contributed by atoms with E-state index in [0.29, 0.717) is 11.7 Å². The topological polar surface area (TPSA) is 68.9 Å². The molecular weight excluding hydrogens is 156 g/mol. The highest BCUT2D eigenvalue weighted by Gasteiger charge is 2.04. The van der Waals surface area contributed by atoms with Crippen molar-refractivity contribution in [3.8, 4) is 0 Å². The van der Waals surface area contributed by atoms with Crippen LogP contribution >= 0.6 is 0 Å². The van der Waals surface area contributed by atoms with Crippen LogP contribution in [0.25, 0.3) is 5.78 Å². The molecule has 0 aliphatic heterocycles. The Morgan fingerprint density at radius 2 is 2.25 bits per heavy atom. The van der Waals surface area contributed by atoms with E-state index in [4.69, 9.17) is 0 Å². The van der Waals surface area contributed by atoms with Gasteiger partial charge >= 0.3 is 0 Å². The summed E-state index contributed by atoms with van der Waals surface area (Å²) in [5, 5.41) is 14.7. The minimum Gasteiger partial charge on any atom is -0.212 e. The molecule has 0 radical (unpaired) electrons. The fraction of sp³-hybridized carbons (Fsp3) is 0.500. The predicted molar refractivity (Wildman–Crippen MR) is 40.5 cm³/mol. The summed E-state index contributed by atoms with van der Waals surface area (Å²) >= 11 is 0. The van der Waals surface area contributed by atoms with Crippen molar-refractivity contribution >= 4 is 5.78 Å². The highest BCUT2D eigenvalue weighted by Crippen LogP contribution is 2.08. The zero-order valence-corrected chi connectivity index (χ0v) is 6.84. The van der Waals surface area contributed by atoms with Crippen LogP contribution in [0.4, 0.5) is 0 Å². The zero-order valence-electron chi connectivity index (χ0n) is 6.84. The third kappa shape index (κ3) is 1.01. The first-order valence-corrected chi connectivity index (χ1v) is 3.68. The van der Waals surface area contributed by atoms with Crippen LogP contribution in [0.3, 0.4) is 0 Å². The Kier molecular flexibility index (Phi) is 1.46. The molecule has 0 saturated heterocycles. The second kappa shape index (κ2) is 2.47. The molecule has 0 aliphatic carbocycles. The Morgan fingerprint density at radius 3 is 3.00 bits per heavy atom. The maximum Gasteiger partial charge on any atom is 0.291 e. The Hall–Kier alpha value is -1.59. The molecular formula is C6H8N6. The number of fused-ring (bicyclic) bond motifs is 1. The van der Waals surface area contributed by atoms with Gasteiger partial charge in [-0.2, -0.15) is 5.10 Å². The second-order valence-electron chi connectivity index (χ2n) is 2.80. The normalized spacial score (nSPS) is 11.2. The van der Waals surface area contributed by atoms with E-state index in [-0.39, 0.29) is 0 Å². The van der Waals surface area contributed by atoms with Gasteiger partial charge in [0.25, 0.3) is 5.78 Å². The van der Waals surface area contributed by atoms with Gasteiger partial charge in [0.05, 0.1) is 11.9 Å². The molecule has 2 aromatic heterocycles. The molecule has 0 saturated carbocycles. The lowest BCUT2D eigenvalue weighted by Crippen LogP contribution is -2.01. The van der Waals surface area contributed by atoms with Crippen molar-refractivity contribution in [2.24, 2.45) is 0 Å². The Bertz CT molecular complexity index is 392. The van der Waals surface area contributed by atoms with Gasteiger partial charge in [-0.3, -0.25) is 0 Å². The van der Waals surface area contributed by atoms with E-state index in [2.05, 4.69) is 25.6 Å². The smallest absolute Gasteiger partial charge is 0.212 e. The van der Waals surface area contributed by atoms with Crippen LogP contribution < -0.4 is 0 Å². The fourth-order valence-corrected chi connectivity index (χ4v) is 0.856. The van der Waals surface area contributed by atoms with Gasteiger partial charge in [-0.1, -0.05) is 23.6 Å². The van der Waals surface area contributed by atoms with E-state index >= 15 is 0 Å². The first-order chi connectivity index (χ1) is 5.77. The van der Waals surface area contributed by atoms with Gasteiger partial charge in [0.2, 0.25) is 0 Å². The number of tetrazole rings is 1. The molecule has 12 heavy (non-hydrogen) atoms. The van der Waals surface area contributed by atoms with Gasteiger partial charge in [-0.15, -0.1) is 0 Å². The molecule has 0 aliphatic rings. The number of rotatable bonds is 1. The lowest BCUT2D eigenvalue weighted by molar-refractivity contribution is 0.704. The summed E-state index contributed by atoms with van der Waals surface area (Å²) in [6, 6.07) is 0. The summed E-state index contributed by atoms with van der Waals surface area (Å²) in [5.74, 6) is 0.792. The molecule has 0 N–H and O–H groups in total. The molecule has 0 amide bonds. The predicted octanol–water partition coefficient (Wildman–Crippen LogP) is 0.0377. The lowest BCUT2D eigenvalue weighted by Gasteiger charge is -2.00. The molecule has 6 nitrogen and oxygen atoms in total. The summed E-state index contributed by atoms with van der Waals surface area (Å²) < 4.78 is 1.30. The van der Waals surface area contributed by atoms with Crippen LogP contribution in [-0.4, -0.2) is 30.2 Å². The van der Waals surface area contributed by atoms with Crippen molar-refractivity contribution in [1.82, 2.24) is 30.2 Å². The second-order valence-corrected chi connectivity index (χ2v) is 2.80. The summed E-state index contributed by atoms with van der Waals surface area (Å²) in [7, 11) is 0. The molecule has 0 aromatic carbocycles. The maximum absolute atomic E-state index is 4.20. The highest BCUT2D eigenvalue weighted by atomic mass is 15.6. The Labute approximate surface area is 68.6 Å². The van der Waals surface area contributed by atoms with Crippen LogP contribution in [0.5, 0.6) is 0 Å². The minimum atomic E-state index is 0.346. The van der Waals surface area contributed by atoms with Crippen molar-refractivity contribution in [3.05, 3.63) is 11.9 Å². The number of hydrogen-bond donors (Lipinski definition) is 0. The largest absolute Gasteiger partial charge is 0.291 e. The number of aromatic nitrogens is 6. The van der Waals surface area contributed by atoms with Gasteiger partial charge in [-0.25, -0.2) is 4.98 Å². The summed E-state index contributed by atoms with van der Waals surface area (Å²) in [6.07, 6.45) is 1.67. The standard InChI is InChI=1S/C6H8N6/c1-4(2)5-3-7-12-6(8-5)9-10-11-12/h3-4H,1-2H3. The van der Waals surface area contributed by atoms with Crippen molar-refractivity contribution < 1.29 is 0 Å². The van der Waals surface area contributed by atoms with E-state index < -0.39 is 0 Å². The van der Waals surface area contributed by atoms with Crippen molar-refractivity contribution in [2.45, 2.75) is 19.8 Å². The summed E-state index contributed by atoms with van der Waals surface area (Å²) in [4.78, 5) is 4.20. The van der Waals surface area contributed by atoms with Crippen LogP contribution in [0, 0.1) is 0 Å². The van der Waals surface area contributed by atoms with Gasteiger partial charge in [0.15, 0.2) is 0 Å². The van der Waals surface area contributed by atoms with Gasteiger partial charge < -0.3 is 0 Å². The lowest BCUT2D eigenvalue weighted by atomic mass is 10.1. The Balaban J connectivity index is 2.60. The Morgan fingerprint density at radius 1 is 1.42 bits per heavy atom. The molecule has 0 unspecified atom stereocenters. The molecule has 6 heteroatoms. The molecule has 0 bridgehead atoms. The fourth-order valence-electron chi connectivity index (χ4n) is 0.856. The molecule has 0 fully saturated rings. The maximum atomic E-state index is 4.20. The van der Waals surface area contributed by atoms with Crippen LogP contribution in [0.2, 0.25) is 0 Å². The van der Waals surface area contributed by atoms with E-state index in [1.807, 2.05) is 13.8 Å². The van der Waals surface area contributed by atoms with E-state index in [1.165, 1.54) is 4.63 Å². The molecule has 2 rings (SSSR count). The first-order valence-electron chi connectivity index (χ1n) is 3.68. The van der Waals surface area contributed by atoms with Gasteiger partial charge in [0, 0.05) is 0 Å². The average molecular weight is 164 g/mol. The SMILES string of the molecule is CC(C)c1cnn2nnnc2n1. The summed E-state index contributed by atoms with van der Waals surface area (Å²) in [5.41, 5.74) is 0.900. The third-order valence-electron chi connectivity index (χ3n) is 1.56. The van der Waals surface area contributed by atoms with Crippen molar-refractivity contribution in [2.75, 3.05) is 0 Å². The van der Waals surface area contributed by atoms with Crippen molar-refractivity contribution in [3.63, 3.8) is 0 Å². The van der Waals surface area contributed by atoms with Crippen molar-refractivity contribution in [1.29, 1.82) is 0 Å². The quantitative estimate of drug-likeness (QED) is 0.595. The monoisotopic (exact) mass is 164 g/mol. The van der Waals surface area contributed by atoms with E-state index in [1.54, 1.807) is 6.20 Å². The molecule has 62 valence electrons. The zero-order chi connectivity index (χ0) is 8.55. The van der Waals surface area contributed by atoms with Crippen LogP contribution in [-0.2, 0) is 0 Å². The van der Waals surface area contributed by atoms with Gasteiger partial charge in [0.1, 0.15) is 0 Å². The minimum absolute atomic E-state index is 0.346. The van der Waals surface area contributed by atoms with Crippen LogP contribution in [0.1, 0.15) is 25.5 Å². The average Bonchev–Trinajstić information content (AvgIpc) is 2.49. The summed E-state index contributed by atoms with van der Waals surface area (Å²) in [6.45, 7) is 4.09. The number of hydrogen-bond acceptors (Lipinski definition) is 5.